The first-order chi connectivity index (χ1) is 13.7. The van der Waals surface area contributed by atoms with E-state index in [-0.39, 0.29) is 21.2 Å². The molecule has 2 aromatic carbocycles. The number of nitriles is 1. The van der Waals surface area contributed by atoms with Crippen LogP contribution in [0.1, 0.15) is 22.8 Å². The predicted molar refractivity (Wildman–Crippen MR) is 109 cm³/mol. The van der Waals surface area contributed by atoms with Crippen LogP contribution in [0.15, 0.2) is 36.4 Å². The summed E-state index contributed by atoms with van der Waals surface area (Å²) in [7, 11) is 0. The van der Waals surface area contributed by atoms with Gasteiger partial charge in [0.05, 0.1) is 21.2 Å². The number of carbonyl (C=O) groups excluding carboxylic acids is 3. The molecular formula is C19H14Cl3N3O4. The lowest BCUT2D eigenvalue weighted by Crippen LogP contribution is -2.35. The number of benzene rings is 2. The number of anilines is 1. The third-order valence-corrected chi connectivity index (χ3v) is 4.46. The molecule has 0 spiro atoms. The normalized spacial score (nSPS) is 11.1. The van der Waals surface area contributed by atoms with E-state index in [1.165, 1.54) is 43.3 Å². The Morgan fingerprint density at radius 1 is 1.10 bits per heavy atom. The van der Waals surface area contributed by atoms with Crippen LogP contribution in [0.4, 0.5) is 5.69 Å². The Morgan fingerprint density at radius 2 is 1.83 bits per heavy atom. The molecule has 0 saturated carbocycles. The molecule has 2 amide bonds. The van der Waals surface area contributed by atoms with Crippen LogP contribution in [-0.2, 0) is 14.3 Å². The smallest absolute Gasteiger partial charge is 0.326 e. The highest BCUT2D eigenvalue weighted by molar-refractivity contribution is 6.36. The minimum atomic E-state index is -1.13. The molecule has 0 aliphatic heterocycles. The van der Waals surface area contributed by atoms with Gasteiger partial charge in [-0.2, -0.15) is 5.26 Å². The number of nitrogens with one attached hydrogen (secondary N) is 2. The molecule has 1 atom stereocenters. The van der Waals surface area contributed by atoms with Gasteiger partial charge in [0.25, 0.3) is 11.8 Å². The average Bonchev–Trinajstić information content (AvgIpc) is 2.66. The first-order valence-electron chi connectivity index (χ1n) is 8.14. The zero-order chi connectivity index (χ0) is 21.6. The Hall–Kier alpha value is -2.79. The fourth-order valence-corrected chi connectivity index (χ4v) is 2.86. The molecule has 0 bridgehead atoms. The van der Waals surface area contributed by atoms with Gasteiger partial charge in [-0.25, -0.2) is 0 Å². The maximum absolute atomic E-state index is 12.1. The second kappa shape index (κ2) is 10.1. The van der Waals surface area contributed by atoms with Gasteiger partial charge in [0.2, 0.25) is 0 Å². The Balaban J connectivity index is 1.86. The van der Waals surface area contributed by atoms with Crippen molar-refractivity contribution < 1.29 is 19.1 Å². The summed E-state index contributed by atoms with van der Waals surface area (Å²) in [6.07, 6.45) is -1.13. The van der Waals surface area contributed by atoms with E-state index in [2.05, 4.69) is 10.6 Å². The van der Waals surface area contributed by atoms with Crippen LogP contribution in [0.3, 0.4) is 0 Å². The van der Waals surface area contributed by atoms with E-state index in [1.54, 1.807) is 0 Å². The summed E-state index contributed by atoms with van der Waals surface area (Å²) < 4.78 is 4.99. The van der Waals surface area contributed by atoms with Crippen molar-refractivity contribution >= 4 is 58.3 Å². The van der Waals surface area contributed by atoms with Gasteiger partial charge in [-0.1, -0.05) is 34.8 Å². The zero-order valence-corrected chi connectivity index (χ0v) is 17.2. The highest BCUT2D eigenvalue weighted by Gasteiger charge is 2.19. The van der Waals surface area contributed by atoms with Crippen molar-refractivity contribution in [3.8, 4) is 6.07 Å². The Labute approximate surface area is 181 Å². The molecule has 0 heterocycles. The molecule has 0 radical (unpaired) electrons. The van der Waals surface area contributed by atoms with Crippen LogP contribution < -0.4 is 10.6 Å². The fraction of sp³-hybridized carbons (Fsp3) is 0.158. The van der Waals surface area contributed by atoms with Gasteiger partial charge in [-0.3, -0.25) is 14.4 Å². The van der Waals surface area contributed by atoms with Gasteiger partial charge >= 0.3 is 5.97 Å². The number of hydrogen-bond donors (Lipinski definition) is 2. The molecule has 0 aromatic heterocycles. The minimum absolute atomic E-state index is 0.136. The topological polar surface area (TPSA) is 108 Å². The lowest BCUT2D eigenvalue weighted by atomic mass is 10.2. The summed E-state index contributed by atoms with van der Waals surface area (Å²) >= 11 is 17.6. The summed E-state index contributed by atoms with van der Waals surface area (Å²) in [5.74, 6) is -2.01. The number of carbonyl (C=O) groups is 3. The van der Waals surface area contributed by atoms with Crippen molar-refractivity contribution in [1.29, 1.82) is 5.26 Å². The van der Waals surface area contributed by atoms with Crippen LogP contribution >= 0.6 is 34.8 Å². The fourth-order valence-electron chi connectivity index (χ4n) is 2.14. The third kappa shape index (κ3) is 6.36. The highest BCUT2D eigenvalue weighted by atomic mass is 35.5. The van der Waals surface area contributed by atoms with Crippen LogP contribution in [0.2, 0.25) is 15.1 Å². The molecule has 0 saturated heterocycles. The van der Waals surface area contributed by atoms with Crippen molar-refractivity contribution in [2.75, 3.05) is 11.9 Å². The molecule has 0 aliphatic carbocycles. The molecule has 29 heavy (non-hydrogen) atoms. The number of hydrogen-bond acceptors (Lipinski definition) is 5. The van der Waals surface area contributed by atoms with Gasteiger partial charge < -0.3 is 15.4 Å². The molecule has 10 heteroatoms. The molecule has 1 unspecified atom stereocenters. The van der Waals surface area contributed by atoms with Crippen LogP contribution in [0, 0.1) is 11.3 Å². The predicted octanol–water partition coefficient (Wildman–Crippen LogP) is 3.82. The average molecular weight is 455 g/mol. The van der Waals surface area contributed by atoms with Crippen molar-refractivity contribution in [3.63, 3.8) is 0 Å². The number of ether oxygens (including phenoxy) is 1. The maximum atomic E-state index is 12.1. The molecule has 0 fully saturated rings. The van der Waals surface area contributed by atoms with Crippen molar-refractivity contribution in [2.45, 2.75) is 13.0 Å². The highest BCUT2D eigenvalue weighted by Crippen LogP contribution is 2.21. The van der Waals surface area contributed by atoms with Gasteiger partial charge in [0, 0.05) is 10.7 Å². The van der Waals surface area contributed by atoms with E-state index in [0.717, 1.165) is 0 Å². The van der Waals surface area contributed by atoms with Gasteiger partial charge in [-0.05, 0) is 43.3 Å². The Morgan fingerprint density at radius 3 is 2.45 bits per heavy atom. The summed E-state index contributed by atoms with van der Waals surface area (Å²) in [5.41, 5.74) is 0.751. The second-order valence-corrected chi connectivity index (χ2v) is 6.99. The van der Waals surface area contributed by atoms with E-state index in [4.69, 9.17) is 44.8 Å². The molecule has 150 valence electrons. The monoisotopic (exact) mass is 453 g/mol. The first kappa shape index (κ1) is 22.5. The molecular weight excluding hydrogens is 441 g/mol. The molecule has 2 aromatic rings. The number of esters is 1. The number of halogens is 3. The SMILES string of the molecule is CC(OC(=O)CNC(=O)c1ccc(Cl)cc1Cl)C(=O)Nc1ccc(C#N)c(Cl)c1. The van der Waals surface area contributed by atoms with Crippen LogP contribution in [0.25, 0.3) is 0 Å². The minimum Gasteiger partial charge on any atom is -0.451 e. The Bertz CT molecular complexity index is 1000. The summed E-state index contributed by atoms with van der Waals surface area (Å²) in [6.45, 7) is 0.911. The lowest BCUT2D eigenvalue weighted by molar-refractivity contribution is -0.152. The van der Waals surface area contributed by atoms with Crippen LogP contribution in [0.5, 0.6) is 0 Å². The number of rotatable bonds is 6. The van der Waals surface area contributed by atoms with E-state index in [1.807, 2.05) is 6.07 Å². The van der Waals surface area contributed by atoms with Gasteiger partial charge in [0.1, 0.15) is 12.6 Å². The Kier molecular flexibility index (Phi) is 7.85. The number of amides is 2. The van der Waals surface area contributed by atoms with Crippen molar-refractivity contribution in [3.05, 3.63) is 62.6 Å². The van der Waals surface area contributed by atoms with Crippen molar-refractivity contribution in [2.24, 2.45) is 0 Å². The van der Waals surface area contributed by atoms with E-state index in [9.17, 15) is 14.4 Å². The molecule has 2 N–H and O–H groups in total. The summed E-state index contributed by atoms with van der Waals surface area (Å²) in [5, 5.41) is 14.4. The van der Waals surface area contributed by atoms with Crippen LogP contribution in [-0.4, -0.2) is 30.4 Å². The van der Waals surface area contributed by atoms with E-state index in [0.29, 0.717) is 10.7 Å². The molecule has 0 aliphatic rings. The van der Waals surface area contributed by atoms with Gasteiger partial charge in [0.15, 0.2) is 6.10 Å². The standard InChI is InChI=1S/C19H14Cl3N3O4/c1-10(18(27)25-13-4-2-11(8-23)15(21)7-13)29-17(26)9-24-19(28)14-5-3-12(20)6-16(14)22/h2-7,10H,9H2,1H3,(H,24,28)(H,25,27). The first-order valence-corrected chi connectivity index (χ1v) is 9.28. The van der Waals surface area contributed by atoms with E-state index >= 15 is 0 Å². The quantitative estimate of drug-likeness (QED) is 0.645. The molecule has 7 nitrogen and oxygen atoms in total. The largest absolute Gasteiger partial charge is 0.451 e. The van der Waals surface area contributed by atoms with Gasteiger partial charge in [-0.15, -0.1) is 0 Å². The van der Waals surface area contributed by atoms with E-state index < -0.39 is 30.4 Å². The van der Waals surface area contributed by atoms with Crippen molar-refractivity contribution in [1.82, 2.24) is 5.32 Å². The third-order valence-electron chi connectivity index (χ3n) is 3.60. The summed E-state index contributed by atoms with van der Waals surface area (Å²) in [4.78, 5) is 36.1. The number of nitrogens with zero attached hydrogens (tertiary/aromatic N) is 1. The lowest BCUT2D eigenvalue weighted by Gasteiger charge is -2.14. The second-order valence-electron chi connectivity index (χ2n) is 5.73. The summed E-state index contributed by atoms with van der Waals surface area (Å²) in [6, 6.07) is 10.6. The maximum Gasteiger partial charge on any atom is 0.326 e. The zero-order valence-electron chi connectivity index (χ0n) is 15.0. The molecule has 2 rings (SSSR count).